The SMILES string of the molecule is S=C1NCC(Br)CS1. The maximum atomic E-state index is 4.89. The van der Waals surface area contributed by atoms with Crippen LogP contribution in [0.4, 0.5) is 0 Å². The first kappa shape index (κ1) is 6.83. The summed E-state index contributed by atoms with van der Waals surface area (Å²) in [6.07, 6.45) is 0. The molecule has 0 spiro atoms. The largest absolute Gasteiger partial charge is 0.370 e. The second-order valence-corrected chi connectivity index (χ2v) is 4.57. The van der Waals surface area contributed by atoms with Crippen LogP contribution in [0.15, 0.2) is 0 Å². The summed E-state index contributed by atoms with van der Waals surface area (Å²) in [7, 11) is 0. The predicted molar refractivity (Wildman–Crippen MR) is 45.8 cm³/mol. The van der Waals surface area contributed by atoms with Gasteiger partial charge in [-0.3, -0.25) is 0 Å². The van der Waals surface area contributed by atoms with Gasteiger partial charge in [0.25, 0.3) is 0 Å². The molecule has 1 rings (SSSR count). The minimum atomic E-state index is 0.596. The third kappa shape index (κ3) is 1.91. The van der Waals surface area contributed by atoms with Gasteiger partial charge in [0, 0.05) is 17.1 Å². The molecule has 0 aromatic heterocycles. The van der Waals surface area contributed by atoms with Crippen molar-refractivity contribution in [2.75, 3.05) is 12.3 Å². The van der Waals surface area contributed by atoms with Crippen LogP contribution in [0, 0.1) is 0 Å². The second kappa shape index (κ2) is 3.03. The molecule has 8 heavy (non-hydrogen) atoms. The van der Waals surface area contributed by atoms with Gasteiger partial charge in [0.2, 0.25) is 0 Å². The first-order valence-corrected chi connectivity index (χ1v) is 4.64. The van der Waals surface area contributed by atoms with E-state index in [0.29, 0.717) is 4.83 Å². The van der Waals surface area contributed by atoms with Crippen molar-refractivity contribution in [3.63, 3.8) is 0 Å². The predicted octanol–water partition coefficient (Wildman–Crippen LogP) is 1.37. The highest BCUT2D eigenvalue weighted by atomic mass is 79.9. The number of alkyl halides is 1. The normalized spacial score (nSPS) is 29.6. The number of hydrogen-bond donors (Lipinski definition) is 1. The Morgan fingerprint density at radius 3 is 3.00 bits per heavy atom. The average Bonchev–Trinajstić information content (AvgIpc) is 1.77. The van der Waals surface area contributed by atoms with Crippen LogP contribution in [0.1, 0.15) is 0 Å². The fraction of sp³-hybridized carbons (Fsp3) is 0.750. The van der Waals surface area contributed by atoms with E-state index in [2.05, 4.69) is 21.2 Å². The summed E-state index contributed by atoms with van der Waals surface area (Å²) in [5.41, 5.74) is 0. The lowest BCUT2D eigenvalue weighted by atomic mass is 10.5. The van der Waals surface area contributed by atoms with Crippen LogP contribution in [0.25, 0.3) is 0 Å². The average molecular weight is 212 g/mol. The maximum absolute atomic E-state index is 4.89. The molecule has 1 N–H and O–H groups in total. The fourth-order valence-electron chi connectivity index (χ4n) is 0.470. The second-order valence-electron chi connectivity index (χ2n) is 1.58. The highest BCUT2D eigenvalue weighted by molar-refractivity contribution is 9.09. The van der Waals surface area contributed by atoms with Gasteiger partial charge in [0.05, 0.1) is 0 Å². The van der Waals surface area contributed by atoms with Crippen molar-refractivity contribution in [3.05, 3.63) is 0 Å². The lowest BCUT2D eigenvalue weighted by Gasteiger charge is -2.17. The highest BCUT2D eigenvalue weighted by Gasteiger charge is 2.11. The molecule has 1 aliphatic rings. The van der Waals surface area contributed by atoms with Gasteiger partial charge in [-0.25, -0.2) is 0 Å². The van der Waals surface area contributed by atoms with Crippen LogP contribution in [0.2, 0.25) is 0 Å². The molecule has 0 radical (unpaired) electrons. The summed E-state index contributed by atoms with van der Waals surface area (Å²) < 4.78 is 0.931. The van der Waals surface area contributed by atoms with E-state index in [9.17, 15) is 0 Å². The van der Waals surface area contributed by atoms with Gasteiger partial charge in [-0.1, -0.05) is 39.9 Å². The van der Waals surface area contributed by atoms with Crippen LogP contribution in [0.5, 0.6) is 0 Å². The van der Waals surface area contributed by atoms with E-state index in [1.54, 1.807) is 11.8 Å². The quantitative estimate of drug-likeness (QED) is 0.481. The summed E-state index contributed by atoms with van der Waals surface area (Å²) in [5.74, 6) is 1.10. The topological polar surface area (TPSA) is 12.0 Å². The monoisotopic (exact) mass is 211 g/mol. The molecule has 0 bridgehead atoms. The first-order valence-electron chi connectivity index (χ1n) is 2.34. The number of thioether (sulfide) groups is 1. The van der Waals surface area contributed by atoms with Crippen molar-refractivity contribution in [3.8, 4) is 0 Å². The van der Waals surface area contributed by atoms with Gasteiger partial charge in [-0.05, 0) is 0 Å². The minimum absolute atomic E-state index is 0.596. The summed E-state index contributed by atoms with van der Waals surface area (Å²) >= 11 is 10.1. The Morgan fingerprint density at radius 2 is 2.62 bits per heavy atom. The Morgan fingerprint density at radius 1 is 1.88 bits per heavy atom. The van der Waals surface area contributed by atoms with E-state index in [1.807, 2.05) is 0 Å². The number of halogens is 1. The summed E-state index contributed by atoms with van der Waals surface area (Å²) in [6, 6.07) is 0. The number of hydrogen-bond acceptors (Lipinski definition) is 2. The van der Waals surface area contributed by atoms with Gasteiger partial charge in [-0.15, -0.1) is 0 Å². The van der Waals surface area contributed by atoms with E-state index in [1.165, 1.54) is 0 Å². The van der Waals surface area contributed by atoms with Crippen molar-refractivity contribution in [1.82, 2.24) is 5.32 Å². The third-order valence-corrected chi connectivity index (χ3v) is 3.41. The van der Waals surface area contributed by atoms with Crippen LogP contribution in [-0.4, -0.2) is 21.4 Å². The molecule has 1 unspecified atom stereocenters. The van der Waals surface area contributed by atoms with E-state index in [0.717, 1.165) is 16.6 Å². The lowest BCUT2D eigenvalue weighted by Crippen LogP contribution is -2.33. The Kier molecular flexibility index (Phi) is 2.59. The number of rotatable bonds is 0. The molecular formula is C4H6BrNS2. The van der Waals surface area contributed by atoms with E-state index >= 15 is 0 Å². The third-order valence-electron chi connectivity index (χ3n) is 0.863. The van der Waals surface area contributed by atoms with Crippen molar-refractivity contribution in [1.29, 1.82) is 0 Å². The Bertz CT molecular complexity index is 96.2. The highest BCUT2D eigenvalue weighted by Crippen LogP contribution is 2.14. The van der Waals surface area contributed by atoms with Crippen LogP contribution in [-0.2, 0) is 0 Å². The summed E-state index contributed by atoms with van der Waals surface area (Å²) in [6.45, 7) is 0.978. The molecule has 1 aliphatic heterocycles. The Balaban J connectivity index is 2.29. The molecule has 0 saturated carbocycles. The summed E-state index contributed by atoms with van der Waals surface area (Å²) in [4.78, 5) is 0.596. The van der Waals surface area contributed by atoms with E-state index < -0.39 is 0 Å². The molecule has 0 aromatic carbocycles. The fourth-order valence-corrected chi connectivity index (χ4v) is 1.95. The van der Waals surface area contributed by atoms with Gasteiger partial charge in [0.15, 0.2) is 0 Å². The van der Waals surface area contributed by atoms with Crippen molar-refractivity contribution in [2.45, 2.75) is 4.83 Å². The zero-order chi connectivity index (χ0) is 5.98. The van der Waals surface area contributed by atoms with E-state index in [4.69, 9.17) is 12.2 Å². The van der Waals surface area contributed by atoms with Gasteiger partial charge in [-0.2, -0.15) is 0 Å². The first-order chi connectivity index (χ1) is 3.79. The summed E-state index contributed by atoms with van der Waals surface area (Å²) in [5, 5.41) is 3.08. The molecule has 4 heteroatoms. The molecule has 1 fully saturated rings. The number of thiocarbonyl (C=S) groups is 1. The maximum Gasteiger partial charge on any atom is 0.133 e. The Hall–Kier alpha value is 0.720. The molecule has 46 valence electrons. The molecule has 0 amide bonds. The minimum Gasteiger partial charge on any atom is -0.370 e. The molecule has 1 atom stereocenters. The van der Waals surface area contributed by atoms with Crippen LogP contribution in [0.3, 0.4) is 0 Å². The van der Waals surface area contributed by atoms with Crippen LogP contribution < -0.4 is 5.32 Å². The molecule has 0 aliphatic carbocycles. The van der Waals surface area contributed by atoms with Gasteiger partial charge in [0.1, 0.15) is 4.32 Å². The van der Waals surface area contributed by atoms with Gasteiger partial charge < -0.3 is 5.32 Å². The molecular weight excluding hydrogens is 206 g/mol. The molecule has 1 saturated heterocycles. The van der Waals surface area contributed by atoms with Crippen molar-refractivity contribution < 1.29 is 0 Å². The smallest absolute Gasteiger partial charge is 0.133 e. The van der Waals surface area contributed by atoms with Gasteiger partial charge >= 0.3 is 0 Å². The van der Waals surface area contributed by atoms with Crippen molar-refractivity contribution in [2.24, 2.45) is 0 Å². The zero-order valence-corrected chi connectivity index (χ0v) is 7.41. The standard InChI is InChI=1S/C4H6BrNS2/c5-3-1-6-4(7)8-2-3/h3H,1-2H2,(H,6,7). The molecule has 0 aromatic rings. The zero-order valence-electron chi connectivity index (χ0n) is 4.19. The Labute approximate surface area is 66.7 Å². The van der Waals surface area contributed by atoms with Crippen LogP contribution >= 0.6 is 39.9 Å². The lowest BCUT2D eigenvalue weighted by molar-refractivity contribution is 0.880. The molecule has 1 nitrogen and oxygen atoms in total. The van der Waals surface area contributed by atoms with Crippen molar-refractivity contribution >= 4 is 44.2 Å². The molecule has 1 heterocycles. The van der Waals surface area contributed by atoms with E-state index in [-0.39, 0.29) is 0 Å². The number of nitrogens with one attached hydrogen (secondary N) is 1.